The maximum atomic E-state index is 11.8. The molecule has 1 fully saturated rings. The molecule has 0 saturated carbocycles. The molecule has 2 aromatic rings. The fourth-order valence-corrected chi connectivity index (χ4v) is 2.39. The third-order valence-electron chi connectivity index (χ3n) is 3.71. The summed E-state index contributed by atoms with van der Waals surface area (Å²) in [7, 11) is 0. The number of carbonyl (C=O) groups is 3. The molecule has 3 rings (SSSR count). The van der Waals surface area contributed by atoms with Crippen LogP contribution in [-0.4, -0.2) is 22.8 Å². The summed E-state index contributed by atoms with van der Waals surface area (Å²) in [6.45, 7) is 0.440. The summed E-state index contributed by atoms with van der Waals surface area (Å²) >= 11 is 0. The minimum Gasteiger partial charge on any atom is -0.489 e. The third kappa shape index (κ3) is 4.57. The minimum absolute atomic E-state index is 0.0661. The SMILES string of the molecule is O=C(/C=C/c1cccc(OCc2ccccc2)c1)ON1C(=O)CCC1=O. The van der Waals surface area contributed by atoms with Crippen molar-refractivity contribution in [3.05, 3.63) is 71.8 Å². The maximum Gasteiger partial charge on any atom is 0.356 e. The van der Waals surface area contributed by atoms with Crippen molar-refractivity contribution in [2.45, 2.75) is 19.4 Å². The molecule has 0 unspecified atom stereocenters. The van der Waals surface area contributed by atoms with E-state index in [4.69, 9.17) is 9.57 Å². The van der Waals surface area contributed by atoms with Gasteiger partial charge in [0.25, 0.3) is 11.8 Å². The van der Waals surface area contributed by atoms with Crippen LogP contribution in [0.5, 0.6) is 5.75 Å². The highest BCUT2D eigenvalue weighted by Gasteiger charge is 2.32. The fraction of sp³-hybridized carbons (Fsp3) is 0.150. The predicted molar refractivity (Wildman–Crippen MR) is 93.4 cm³/mol. The highest BCUT2D eigenvalue weighted by atomic mass is 16.7. The minimum atomic E-state index is -0.788. The summed E-state index contributed by atoms with van der Waals surface area (Å²) in [5, 5.41) is 0.520. The molecule has 1 aliphatic rings. The van der Waals surface area contributed by atoms with Crippen molar-refractivity contribution in [2.24, 2.45) is 0 Å². The molecule has 6 heteroatoms. The molecule has 6 nitrogen and oxygen atoms in total. The zero-order valence-electron chi connectivity index (χ0n) is 14.0. The monoisotopic (exact) mass is 351 g/mol. The fourth-order valence-electron chi connectivity index (χ4n) is 2.39. The number of rotatable bonds is 6. The average Bonchev–Trinajstić information content (AvgIpc) is 2.98. The Kier molecular flexibility index (Phi) is 5.43. The van der Waals surface area contributed by atoms with Crippen molar-refractivity contribution < 1.29 is 24.0 Å². The molecule has 0 spiro atoms. The number of amides is 2. The number of hydrogen-bond donors (Lipinski definition) is 0. The number of hydroxylamine groups is 2. The summed E-state index contributed by atoms with van der Waals surface area (Å²) in [4.78, 5) is 39.4. The van der Waals surface area contributed by atoms with Crippen LogP contribution >= 0.6 is 0 Å². The Balaban J connectivity index is 1.57. The van der Waals surface area contributed by atoms with Gasteiger partial charge in [0.15, 0.2) is 0 Å². The number of carbonyl (C=O) groups excluding carboxylic acids is 3. The number of benzene rings is 2. The standard InChI is InChI=1S/C20H17NO5/c22-18-10-11-19(23)21(18)26-20(24)12-9-15-7-4-8-17(13-15)25-14-16-5-2-1-3-6-16/h1-9,12-13H,10-11,14H2/b12-9+. The summed E-state index contributed by atoms with van der Waals surface area (Å²) in [6, 6.07) is 17.0. The van der Waals surface area contributed by atoms with Gasteiger partial charge in [-0.1, -0.05) is 42.5 Å². The van der Waals surface area contributed by atoms with E-state index in [0.717, 1.165) is 17.2 Å². The van der Waals surface area contributed by atoms with Gasteiger partial charge in [-0.2, -0.15) is 0 Å². The molecule has 26 heavy (non-hydrogen) atoms. The van der Waals surface area contributed by atoms with Gasteiger partial charge in [0.1, 0.15) is 12.4 Å². The molecule has 1 saturated heterocycles. The van der Waals surface area contributed by atoms with Gasteiger partial charge >= 0.3 is 5.97 Å². The number of ether oxygens (including phenoxy) is 1. The Labute approximate surface area is 150 Å². The number of hydrogen-bond acceptors (Lipinski definition) is 5. The van der Waals surface area contributed by atoms with Crippen molar-refractivity contribution in [3.63, 3.8) is 0 Å². The van der Waals surface area contributed by atoms with Crippen LogP contribution in [0.3, 0.4) is 0 Å². The largest absolute Gasteiger partial charge is 0.489 e. The first-order chi connectivity index (χ1) is 12.6. The lowest BCUT2D eigenvalue weighted by molar-refractivity contribution is -0.193. The molecule has 2 amide bonds. The van der Waals surface area contributed by atoms with Gasteiger partial charge in [0.2, 0.25) is 0 Å². The number of nitrogens with zero attached hydrogens (tertiary/aromatic N) is 1. The van der Waals surface area contributed by atoms with Crippen molar-refractivity contribution >= 4 is 23.9 Å². The van der Waals surface area contributed by atoms with E-state index < -0.39 is 17.8 Å². The molecule has 0 aromatic heterocycles. The Morgan fingerprint density at radius 2 is 1.73 bits per heavy atom. The first kappa shape index (κ1) is 17.4. The summed E-state index contributed by atoms with van der Waals surface area (Å²) in [5.41, 5.74) is 1.78. The Morgan fingerprint density at radius 1 is 1.00 bits per heavy atom. The van der Waals surface area contributed by atoms with Gasteiger partial charge in [-0.05, 0) is 29.3 Å². The van der Waals surface area contributed by atoms with E-state index in [1.54, 1.807) is 18.2 Å². The molecule has 0 radical (unpaired) electrons. The highest BCUT2D eigenvalue weighted by molar-refractivity contribution is 6.02. The predicted octanol–water partition coefficient (Wildman–Crippen LogP) is 2.89. The Morgan fingerprint density at radius 3 is 2.46 bits per heavy atom. The van der Waals surface area contributed by atoms with E-state index in [9.17, 15) is 14.4 Å². The van der Waals surface area contributed by atoms with Gasteiger partial charge in [-0.15, -0.1) is 5.06 Å². The molecule has 132 valence electrons. The van der Waals surface area contributed by atoms with E-state index in [-0.39, 0.29) is 12.8 Å². The Hall–Kier alpha value is -3.41. The first-order valence-electron chi connectivity index (χ1n) is 8.14. The van der Waals surface area contributed by atoms with Crippen LogP contribution in [0.4, 0.5) is 0 Å². The molecular weight excluding hydrogens is 334 g/mol. The zero-order chi connectivity index (χ0) is 18.4. The van der Waals surface area contributed by atoms with Crippen LogP contribution in [0.2, 0.25) is 0 Å². The highest BCUT2D eigenvalue weighted by Crippen LogP contribution is 2.17. The lowest BCUT2D eigenvalue weighted by Crippen LogP contribution is -2.31. The molecule has 1 aliphatic heterocycles. The van der Waals surface area contributed by atoms with Crippen molar-refractivity contribution in [1.82, 2.24) is 5.06 Å². The van der Waals surface area contributed by atoms with E-state index >= 15 is 0 Å². The molecule has 0 N–H and O–H groups in total. The van der Waals surface area contributed by atoms with Crippen LogP contribution in [0.25, 0.3) is 6.08 Å². The second-order valence-electron chi connectivity index (χ2n) is 5.67. The number of imide groups is 1. The molecule has 1 heterocycles. The van der Waals surface area contributed by atoms with Crippen molar-refractivity contribution in [3.8, 4) is 5.75 Å². The van der Waals surface area contributed by atoms with Crippen LogP contribution in [0, 0.1) is 0 Å². The van der Waals surface area contributed by atoms with E-state index in [1.807, 2.05) is 36.4 Å². The lowest BCUT2D eigenvalue weighted by atomic mass is 10.2. The first-order valence-corrected chi connectivity index (χ1v) is 8.14. The molecule has 2 aromatic carbocycles. The zero-order valence-corrected chi connectivity index (χ0v) is 14.0. The topological polar surface area (TPSA) is 72.9 Å². The van der Waals surface area contributed by atoms with Gasteiger partial charge in [0, 0.05) is 18.9 Å². The molecule has 0 bridgehead atoms. The second-order valence-corrected chi connectivity index (χ2v) is 5.67. The molecule has 0 atom stereocenters. The second kappa shape index (κ2) is 8.11. The lowest BCUT2D eigenvalue weighted by Gasteiger charge is -2.10. The average molecular weight is 351 g/mol. The van der Waals surface area contributed by atoms with Crippen molar-refractivity contribution in [2.75, 3.05) is 0 Å². The van der Waals surface area contributed by atoms with Crippen molar-refractivity contribution in [1.29, 1.82) is 0 Å². The van der Waals surface area contributed by atoms with Crippen LogP contribution in [0.15, 0.2) is 60.7 Å². The van der Waals surface area contributed by atoms with E-state index in [1.165, 1.54) is 6.08 Å². The van der Waals surface area contributed by atoms with Gasteiger partial charge in [-0.25, -0.2) is 4.79 Å². The van der Waals surface area contributed by atoms with Crippen LogP contribution in [0.1, 0.15) is 24.0 Å². The van der Waals surface area contributed by atoms with E-state index in [2.05, 4.69) is 0 Å². The maximum absolute atomic E-state index is 11.8. The normalized spacial score (nSPS) is 14.1. The third-order valence-corrected chi connectivity index (χ3v) is 3.71. The molecular formula is C20H17NO5. The summed E-state index contributed by atoms with van der Waals surface area (Å²) in [6.07, 6.45) is 2.82. The Bertz CT molecular complexity index is 828. The molecule has 0 aliphatic carbocycles. The van der Waals surface area contributed by atoms with Gasteiger partial charge in [-0.3, -0.25) is 9.59 Å². The van der Waals surface area contributed by atoms with E-state index in [0.29, 0.717) is 17.4 Å². The van der Waals surface area contributed by atoms with Crippen LogP contribution in [-0.2, 0) is 25.8 Å². The smallest absolute Gasteiger partial charge is 0.356 e. The van der Waals surface area contributed by atoms with Gasteiger partial charge in [0.05, 0.1) is 0 Å². The van der Waals surface area contributed by atoms with Crippen LogP contribution < -0.4 is 4.74 Å². The quantitative estimate of drug-likeness (QED) is 0.591. The summed E-state index contributed by atoms with van der Waals surface area (Å²) < 4.78 is 5.73. The summed E-state index contributed by atoms with van der Waals surface area (Å²) in [5.74, 6) is -1.14. The van der Waals surface area contributed by atoms with Gasteiger partial charge < -0.3 is 9.57 Å².